The summed E-state index contributed by atoms with van der Waals surface area (Å²) in [7, 11) is 3.24. The predicted molar refractivity (Wildman–Crippen MR) is 86.5 cm³/mol. The molecule has 1 aliphatic heterocycles. The molecular formula is C17H26N2O3. The minimum absolute atomic E-state index is 0.0707. The first-order valence-corrected chi connectivity index (χ1v) is 7.83. The molecule has 0 bridgehead atoms. The first kappa shape index (κ1) is 16.6. The van der Waals surface area contributed by atoms with E-state index in [0.717, 1.165) is 36.9 Å². The molecule has 0 saturated carbocycles. The summed E-state index contributed by atoms with van der Waals surface area (Å²) < 4.78 is 10.7. The maximum Gasteiger partial charge on any atom is 0.237 e. The number of rotatable bonds is 5. The van der Waals surface area contributed by atoms with Crippen molar-refractivity contribution < 1.29 is 14.3 Å². The third-order valence-electron chi connectivity index (χ3n) is 4.22. The molecule has 2 N–H and O–H groups in total. The van der Waals surface area contributed by atoms with Crippen molar-refractivity contribution >= 4 is 5.91 Å². The lowest BCUT2D eigenvalue weighted by molar-refractivity contribution is -0.124. The van der Waals surface area contributed by atoms with E-state index >= 15 is 0 Å². The van der Waals surface area contributed by atoms with E-state index in [1.54, 1.807) is 14.2 Å². The van der Waals surface area contributed by atoms with Crippen LogP contribution >= 0.6 is 0 Å². The number of benzene rings is 1. The van der Waals surface area contributed by atoms with Crippen molar-refractivity contribution in [3.63, 3.8) is 0 Å². The van der Waals surface area contributed by atoms with Gasteiger partial charge in [0.2, 0.25) is 5.91 Å². The van der Waals surface area contributed by atoms with Crippen molar-refractivity contribution in [3.8, 4) is 11.5 Å². The molecule has 0 radical (unpaired) electrons. The molecule has 1 amide bonds. The van der Waals surface area contributed by atoms with Crippen LogP contribution in [0.4, 0.5) is 0 Å². The molecule has 1 saturated heterocycles. The highest BCUT2D eigenvalue weighted by molar-refractivity contribution is 5.82. The van der Waals surface area contributed by atoms with E-state index in [-0.39, 0.29) is 18.0 Å². The van der Waals surface area contributed by atoms with E-state index in [2.05, 4.69) is 10.6 Å². The Kier molecular flexibility index (Phi) is 5.66. The fourth-order valence-electron chi connectivity index (χ4n) is 2.93. The van der Waals surface area contributed by atoms with Crippen molar-refractivity contribution in [2.75, 3.05) is 20.8 Å². The Balaban J connectivity index is 2.11. The van der Waals surface area contributed by atoms with Gasteiger partial charge >= 0.3 is 0 Å². The Bertz CT molecular complexity index is 525. The Morgan fingerprint density at radius 1 is 1.27 bits per heavy atom. The first-order valence-electron chi connectivity index (χ1n) is 7.83. The fraction of sp³-hybridized carbons (Fsp3) is 0.588. The summed E-state index contributed by atoms with van der Waals surface area (Å²) in [5.41, 5.74) is 2.11. The van der Waals surface area contributed by atoms with Crippen LogP contribution in [0.25, 0.3) is 0 Å². The summed E-state index contributed by atoms with van der Waals surface area (Å²) in [5.74, 6) is 1.46. The lowest BCUT2D eigenvalue weighted by atomic mass is 10.00. The molecule has 0 spiro atoms. The van der Waals surface area contributed by atoms with Crippen LogP contribution in [0.15, 0.2) is 12.1 Å². The summed E-state index contributed by atoms with van der Waals surface area (Å²) in [6.45, 7) is 4.93. The SMILES string of the molecule is COc1cc(C)c(C(C)NC(=O)C2CCCCN2)cc1OC. The zero-order valence-corrected chi connectivity index (χ0v) is 13.9. The highest BCUT2D eigenvalue weighted by Crippen LogP contribution is 2.32. The lowest BCUT2D eigenvalue weighted by Crippen LogP contribution is -2.47. The molecule has 1 heterocycles. The third kappa shape index (κ3) is 3.71. The van der Waals surface area contributed by atoms with E-state index in [1.165, 1.54) is 0 Å². The molecule has 1 aromatic carbocycles. The zero-order valence-electron chi connectivity index (χ0n) is 13.9. The van der Waals surface area contributed by atoms with E-state index < -0.39 is 0 Å². The summed E-state index contributed by atoms with van der Waals surface area (Å²) in [4.78, 5) is 12.3. The number of ether oxygens (including phenoxy) is 2. The van der Waals surface area contributed by atoms with Gasteiger partial charge in [0.15, 0.2) is 11.5 Å². The summed E-state index contributed by atoms with van der Waals surface area (Å²) in [6, 6.07) is 3.73. The van der Waals surface area contributed by atoms with Crippen LogP contribution in [0.5, 0.6) is 11.5 Å². The van der Waals surface area contributed by atoms with Crippen molar-refractivity contribution in [1.82, 2.24) is 10.6 Å². The number of amides is 1. The summed E-state index contributed by atoms with van der Waals surface area (Å²) in [6.07, 6.45) is 3.16. The van der Waals surface area contributed by atoms with Gasteiger partial charge in [-0.3, -0.25) is 4.79 Å². The molecule has 2 rings (SSSR count). The minimum Gasteiger partial charge on any atom is -0.493 e. The van der Waals surface area contributed by atoms with Crippen molar-refractivity contribution in [1.29, 1.82) is 0 Å². The Labute approximate surface area is 132 Å². The lowest BCUT2D eigenvalue weighted by Gasteiger charge is -2.25. The Morgan fingerprint density at radius 2 is 1.95 bits per heavy atom. The molecule has 5 heteroatoms. The molecule has 2 atom stereocenters. The predicted octanol–water partition coefficient (Wildman–Crippen LogP) is 2.33. The third-order valence-corrected chi connectivity index (χ3v) is 4.22. The molecule has 5 nitrogen and oxygen atoms in total. The number of piperidine rings is 1. The molecule has 1 fully saturated rings. The molecule has 1 aliphatic rings. The number of methoxy groups -OCH3 is 2. The monoisotopic (exact) mass is 306 g/mol. The smallest absolute Gasteiger partial charge is 0.237 e. The number of carbonyl (C=O) groups excluding carboxylic acids is 1. The highest BCUT2D eigenvalue weighted by Gasteiger charge is 2.23. The number of hydrogen-bond donors (Lipinski definition) is 2. The normalized spacial score (nSPS) is 19.4. The van der Waals surface area contributed by atoms with Crippen LogP contribution in [-0.2, 0) is 4.79 Å². The van der Waals surface area contributed by atoms with Gasteiger partial charge in [-0.2, -0.15) is 0 Å². The van der Waals surface area contributed by atoms with Gasteiger partial charge in [0, 0.05) is 0 Å². The van der Waals surface area contributed by atoms with Gasteiger partial charge in [0.1, 0.15) is 0 Å². The average Bonchev–Trinajstić information content (AvgIpc) is 2.55. The maximum atomic E-state index is 12.3. The number of carbonyl (C=O) groups is 1. The molecule has 122 valence electrons. The van der Waals surface area contributed by atoms with E-state index in [1.807, 2.05) is 26.0 Å². The van der Waals surface area contributed by atoms with E-state index in [9.17, 15) is 4.79 Å². The quantitative estimate of drug-likeness (QED) is 0.876. The van der Waals surface area contributed by atoms with Crippen LogP contribution in [0.1, 0.15) is 43.4 Å². The maximum absolute atomic E-state index is 12.3. The summed E-state index contributed by atoms with van der Waals surface area (Å²) in [5, 5.41) is 6.37. The highest BCUT2D eigenvalue weighted by atomic mass is 16.5. The second kappa shape index (κ2) is 7.49. The number of nitrogens with one attached hydrogen (secondary N) is 2. The van der Waals surface area contributed by atoms with E-state index in [4.69, 9.17) is 9.47 Å². The van der Waals surface area contributed by atoms with Gasteiger partial charge in [-0.1, -0.05) is 6.42 Å². The minimum atomic E-state index is -0.0731. The van der Waals surface area contributed by atoms with Crippen molar-refractivity contribution in [3.05, 3.63) is 23.3 Å². The number of aryl methyl sites for hydroxylation is 1. The molecule has 0 aromatic heterocycles. The zero-order chi connectivity index (χ0) is 16.1. The van der Waals surface area contributed by atoms with E-state index in [0.29, 0.717) is 11.5 Å². The second-order valence-electron chi connectivity index (χ2n) is 5.80. The van der Waals surface area contributed by atoms with Crippen molar-refractivity contribution in [2.45, 2.75) is 45.2 Å². The van der Waals surface area contributed by atoms with Crippen molar-refractivity contribution in [2.24, 2.45) is 0 Å². The molecule has 1 aromatic rings. The van der Waals surface area contributed by atoms with Gasteiger partial charge in [0.05, 0.1) is 26.3 Å². The van der Waals surface area contributed by atoms with Crippen LogP contribution in [-0.4, -0.2) is 32.7 Å². The topological polar surface area (TPSA) is 59.6 Å². The van der Waals surface area contributed by atoms with Gasteiger partial charge < -0.3 is 20.1 Å². The standard InChI is InChI=1S/C17H26N2O3/c1-11-9-15(21-3)16(22-4)10-13(11)12(2)19-17(20)14-7-5-6-8-18-14/h9-10,12,14,18H,5-8H2,1-4H3,(H,19,20). The van der Waals surface area contributed by atoms with Crippen LogP contribution in [0, 0.1) is 6.92 Å². The Morgan fingerprint density at radius 3 is 2.55 bits per heavy atom. The molecular weight excluding hydrogens is 280 g/mol. The first-order chi connectivity index (χ1) is 10.6. The van der Waals surface area contributed by atoms with Crippen LogP contribution in [0.2, 0.25) is 0 Å². The largest absolute Gasteiger partial charge is 0.493 e. The van der Waals surface area contributed by atoms with Gasteiger partial charge in [0.25, 0.3) is 0 Å². The number of hydrogen-bond acceptors (Lipinski definition) is 4. The van der Waals surface area contributed by atoms with Crippen LogP contribution in [0.3, 0.4) is 0 Å². The van der Waals surface area contributed by atoms with Crippen LogP contribution < -0.4 is 20.1 Å². The second-order valence-corrected chi connectivity index (χ2v) is 5.80. The van der Waals surface area contributed by atoms with Gasteiger partial charge in [-0.05, 0) is 56.5 Å². The van der Waals surface area contributed by atoms with Gasteiger partial charge in [-0.25, -0.2) is 0 Å². The average molecular weight is 306 g/mol. The molecule has 0 aliphatic carbocycles. The Hall–Kier alpha value is -1.75. The summed E-state index contributed by atoms with van der Waals surface area (Å²) >= 11 is 0. The molecule has 22 heavy (non-hydrogen) atoms. The fourth-order valence-corrected chi connectivity index (χ4v) is 2.93. The molecule has 2 unspecified atom stereocenters. The van der Waals surface area contributed by atoms with Gasteiger partial charge in [-0.15, -0.1) is 0 Å².